The zero-order valence-electron chi connectivity index (χ0n) is 11.4. The average molecular weight is 265 g/mol. The van der Waals surface area contributed by atoms with Crippen LogP contribution in [0.2, 0.25) is 0 Å². The van der Waals surface area contributed by atoms with Crippen molar-refractivity contribution in [3.05, 3.63) is 42.0 Å². The van der Waals surface area contributed by atoms with Crippen LogP contribution in [0, 0.1) is 0 Å². The molecule has 0 saturated heterocycles. The fourth-order valence-electron chi connectivity index (χ4n) is 1.50. The van der Waals surface area contributed by atoms with Gasteiger partial charge in [0, 0.05) is 30.8 Å². The van der Waals surface area contributed by atoms with Gasteiger partial charge in [-0.2, -0.15) is 0 Å². The summed E-state index contributed by atoms with van der Waals surface area (Å²) in [6.07, 6.45) is 1.08. The van der Waals surface area contributed by atoms with Crippen LogP contribution < -0.4 is 5.32 Å². The van der Waals surface area contributed by atoms with Crippen molar-refractivity contribution in [1.29, 1.82) is 0 Å². The zero-order valence-corrected chi connectivity index (χ0v) is 12.2. The SMILES string of the molecule is C=C(C)CCSc1cccc(CNCCOC)c1. The Balaban J connectivity index is 2.34. The molecule has 3 heteroatoms. The van der Waals surface area contributed by atoms with E-state index in [-0.39, 0.29) is 0 Å². The molecule has 0 radical (unpaired) electrons. The van der Waals surface area contributed by atoms with Gasteiger partial charge in [-0.25, -0.2) is 0 Å². The number of rotatable bonds is 9. The monoisotopic (exact) mass is 265 g/mol. The van der Waals surface area contributed by atoms with Crippen molar-refractivity contribution in [2.75, 3.05) is 26.0 Å². The molecule has 0 atom stereocenters. The Labute approximate surface area is 115 Å². The molecule has 18 heavy (non-hydrogen) atoms. The van der Waals surface area contributed by atoms with E-state index in [1.165, 1.54) is 16.0 Å². The number of hydrogen-bond donors (Lipinski definition) is 1. The summed E-state index contributed by atoms with van der Waals surface area (Å²) in [5.74, 6) is 1.11. The molecular formula is C15H23NOS. The summed E-state index contributed by atoms with van der Waals surface area (Å²) in [4.78, 5) is 1.34. The lowest BCUT2D eigenvalue weighted by atomic mass is 10.2. The predicted octanol–water partition coefficient (Wildman–Crippen LogP) is 3.48. The summed E-state index contributed by atoms with van der Waals surface area (Å²) in [5, 5.41) is 3.36. The minimum atomic E-state index is 0.757. The highest BCUT2D eigenvalue weighted by atomic mass is 32.2. The van der Waals surface area contributed by atoms with E-state index in [1.54, 1.807) is 7.11 Å². The van der Waals surface area contributed by atoms with Gasteiger partial charge in [0.1, 0.15) is 0 Å². The standard InChI is InChI=1S/C15H23NOS/c1-13(2)7-10-18-15-6-4-5-14(11-15)12-16-8-9-17-3/h4-6,11,16H,1,7-10,12H2,2-3H3. The van der Waals surface area contributed by atoms with Crippen LogP contribution in [0.1, 0.15) is 18.9 Å². The van der Waals surface area contributed by atoms with Crippen molar-refractivity contribution in [3.8, 4) is 0 Å². The molecule has 1 aromatic carbocycles. The Morgan fingerprint density at radius 1 is 1.44 bits per heavy atom. The van der Waals surface area contributed by atoms with E-state index < -0.39 is 0 Å². The third kappa shape index (κ3) is 6.84. The topological polar surface area (TPSA) is 21.3 Å². The van der Waals surface area contributed by atoms with Gasteiger partial charge in [0.05, 0.1) is 6.61 Å². The van der Waals surface area contributed by atoms with Gasteiger partial charge in [-0.05, 0) is 31.0 Å². The molecule has 0 aliphatic rings. The Hall–Kier alpha value is -0.770. The molecule has 0 aliphatic heterocycles. The fourth-order valence-corrected chi connectivity index (χ4v) is 2.59. The quantitative estimate of drug-likeness (QED) is 0.419. The summed E-state index contributed by atoms with van der Waals surface area (Å²) in [5.41, 5.74) is 2.58. The lowest BCUT2D eigenvalue weighted by Crippen LogP contribution is -2.18. The molecule has 0 bridgehead atoms. The van der Waals surface area contributed by atoms with Crippen molar-refractivity contribution < 1.29 is 4.74 Å². The Kier molecular flexibility index (Phi) is 7.81. The van der Waals surface area contributed by atoms with E-state index in [9.17, 15) is 0 Å². The van der Waals surface area contributed by atoms with E-state index in [0.29, 0.717) is 0 Å². The van der Waals surface area contributed by atoms with Crippen molar-refractivity contribution in [1.82, 2.24) is 5.32 Å². The van der Waals surface area contributed by atoms with Crippen LogP contribution in [-0.4, -0.2) is 26.0 Å². The first-order chi connectivity index (χ1) is 8.72. The number of methoxy groups -OCH3 is 1. The molecule has 100 valence electrons. The first-order valence-electron chi connectivity index (χ1n) is 6.28. The van der Waals surface area contributed by atoms with E-state index in [1.807, 2.05) is 11.8 Å². The third-order valence-electron chi connectivity index (χ3n) is 2.51. The maximum Gasteiger partial charge on any atom is 0.0587 e. The van der Waals surface area contributed by atoms with Crippen molar-refractivity contribution in [2.45, 2.75) is 24.8 Å². The molecule has 0 aliphatic carbocycles. The van der Waals surface area contributed by atoms with Crippen molar-refractivity contribution in [3.63, 3.8) is 0 Å². The number of hydrogen-bond acceptors (Lipinski definition) is 3. The van der Waals surface area contributed by atoms with Crippen LogP contribution in [0.3, 0.4) is 0 Å². The summed E-state index contributed by atoms with van der Waals surface area (Å²) < 4.78 is 5.00. The predicted molar refractivity (Wildman–Crippen MR) is 80.2 cm³/mol. The third-order valence-corrected chi connectivity index (χ3v) is 3.50. The van der Waals surface area contributed by atoms with Gasteiger partial charge in [-0.3, -0.25) is 0 Å². The molecule has 0 spiro atoms. The van der Waals surface area contributed by atoms with Gasteiger partial charge in [-0.15, -0.1) is 18.3 Å². The average Bonchev–Trinajstić information content (AvgIpc) is 2.35. The number of allylic oxidation sites excluding steroid dienone is 1. The molecular weight excluding hydrogens is 242 g/mol. The van der Waals surface area contributed by atoms with Crippen molar-refractivity contribution in [2.24, 2.45) is 0 Å². The highest BCUT2D eigenvalue weighted by Crippen LogP contribution is 2.21. The molecule has 0 amide bonds. The maximum atomic E-state index is 5.00. The van der Waals surface area contributed by atoms with Crippen LogP contribution in [0.15, 0.2) is 41.3 Å². The summed E-state index contributed by atoms with van der Waals surface area (Å²) in [7, 11) is 1.72. The second-order valence-corrected chi connectivity index (χ2v) is 5.54. The highest BCUT2D eigenvalue weighted by Gasteiger charge is 1.97. The van der Waals surface area contributed by atoms with Crippen LogP contribution >= 0.6 is 11.8 Å². The molecule has 0 heterocycles. The Bertz CT molecular complexity index is 365. The minimum absolute atomic E-state index is 0.757. The lowest BCUT2D eigenvalue weighted by molar-refractivity contribution is 0.199. The number of nitrogens with one attached hydrogen (secondary N) is 1. The number of thioether (sulfide) groups is 1. The van der Waals surface area contributed by atoms with Crippen LogP contribution in [0.4, 0.5) is 0 Å². The first-order valence-corrected chi connectivity index (χ1v) is 7.26. The minimum Gasteiger partial charge on any atom is -0.383 e. The van der Waals surface area contributed by atoms with Crippen molar-refractivity contribution >= 4 is 11.8 Å². The van der Waals surface area contributed by atoms with Gasteiger partial charge < -0.3 is 10.1 Å². The van der Waals surface area contributed by atoms with Gasteiger partial charge in [0.25, 0.3) is 0 Å². The summed E-state index contributed by atoms with van der Waals surface area (Å²) in [6.45, 7) is 8.56. The lowest BCUT2D eigenvalue weighted by Gasteiger charge is -2.07. The van der Waals surface area contributed by atoms with Gasteiger partial charge >= 0.3 is 0 Å². The molecule has 0 fully saturated rings. The van der Waals surface area contributed by atoms with Gasteiger partial charge in [-0.1, -0.05) is 17.7 Å². The smallest absolute Gasteiger partial charge is 0.0587 e. The molecule has 0 aromatic heterocycles. The maximum absolute atomic E-state index is 5.00. The normalized spacial score (nSPS) is 10.6. The second-order valence-electron chi connectivity index (χ2n) is 4.37. The Morgan fingerprint density at radius 2 is 2.28 bits per heavy atom. The zero-order chi connectivity index (χ0) is 13.2. The molecule has 1 N–H and O–H groups in total. The largest absolute Gasteiger partial charge is 0.383 e. The van der Waals surface area contributed by atoms with E-state index in [4.69, 9.17) is 4.74 Å². The molecule has 0 unspecified atom stereocenters. The van der Waals surface area contributed by atoms with E-state index >= 15 is 0 Å². The Morgan fingerprint density at radius 3 is 3.00 bits per heavy atom. The van der Waals surface area contributed by atoms with Gasteiger partial charge in [0.15, 0.2) is 0 Å². The summed E-state index contributed by atoms with van der Waals surface area (Å²) in [6, 6.07) is 8.70. The number of ether oxygens (including phenoxy) is 1. The summed E-state index contributed by atoms with van der Waals surface area (Å²) >= 11 is 1.89. The van der Waals surface area contributed by atoms with E-state index in [2.05, 4.69) is 43.1 Å². The second kappa shape index (κ2) is 9.20. The van der Waals surface area contributed by atoms with Crippen LogP contribution in [0.5, 0.6) is 0 Å². The fraction of sp³-hybridized carbons (Fsp3) is 0.467. The molecule has 2 nitrogen and oxygen atoms in total. The van der Waals surface area contributed by atoms with E-state index in [0.717, 1.165) is 31.9 Å². The number of benzene rings is 1. The first kappa shape index (κ1) is 15.3. The van der Waals surface area contributed by atoms with Crippen LogP contribution in [0.25, 0.3) is 0 Å². The molecule has 1 aromatic rings. The highest BCUT2D eigenvalue weighted by molar-refractivity contribution is 7.99. The molecule has 1 rings (SSSR count). The molecule has 0 saturated carbocycles. The van der Waals surface area contributed by atoms with Crippen LogP contribution in [-0.2, 0) is 11.3 Å². The van der Waals surface area contributed by atoms with Gasteiger partial charge in [0.2, 0.25) is 0 Å².